The maximum atomic E-state index is 9.17. The van der Waals surface area contributed by atoms with E-state index in [2.05, 4.69) is 0 Å². The first-order valence-corrected chi connectivity index (χ1v) is 7.54. The topological polar surface area (TPSA) is 20.2 Å². The van der Waals surface area contributed by atoms with Gasteiger partial charge in [-0.1, -0.05) is 24.4 Å². The Morgan fingerprint density at radius 1 is 1.29 bits per heavy atom. The summed E-state index contributed by atoms with van der Waals surface area (Å²) in [6, 6.07) is 7.53. The highest BCUT2D eigenvalue weighted by Gasteiger charge is 2.17. The monoisotopic (exact) mass is 244 g/mol. The van der Waals surface area contributed by atoms with Crippen molar-refractivity contribution in [3.63, 3.8) is 0 Å². The van der Waals surface area contributed by atoms with E-state index in [9.17, 15) is 5.11 Å². The molecule has 0 amide bonds. The van der Waals surface area contributed by atoms with Crippen molar-refractivity contribution in [3.05, 3.63) is 29.8 Å². The molecule has 0 saturated carbocycles. The van der Waals surface area contributed by atoms with Crippen LogP contribution in [0.15, 0.2) is 24.3 Å². The molecule has 2 rings (SSSR count). The molecule has 1 aliphatic heterocycles. The number of benzene rings is 1. The van der Waals surface area contributed by atoms with Crippen molar-refractivity contribution < 1.29 is 5.11 Å². The summed E-state index contributed by atoms with van der Waals surface area (Å²) in [5.74, 6) is 0.340. The van der Waals surface area contributed by atoms with Gasteiger partial charge in [0.15, 0.2) is 0 Å². The maximum Gasteiger partial charge on any atom is 0.115 e. The summed E-state index contributed by atoms with van der Waals surface area (Å²) in [4.78, 5) is 0. The Balaban J connectivity index is 2.14. The zero-order valence-corrected chi connectivity index (χ0v) is 10.1. The van der Waals surface area contributed by atoms with E-state index in [1.165, 1.54) is 26.2 Å². The molecular weight excluding hydrogens is 232 g/mol. The Kier molecular flexibility index (Phi) is 3.36. The summed E-state index contributed by atoms with van der Waals surface area (Å²) in [6.45, 7) is 0. The molecule has 0 spiro atoms. The van der Waals surface area contributed by atoms with Crippen LogP contribution in [0.2, 0.25) is 0 Å². The molecule has 76 valence electrons. The van der Waals surface area contributed by atoms with Crippen molar-refractivity contribution in [2.45, 2.75) is 16.9 Å². The second kappa shape index (κ2) is 4.55. The number of hydrogen-bond acceptors (Lipinski definition) is 2. The lowest BCUT2D eigenvalue weighted by Crippen LogP contribution is -2.03. The van der Waals surface area contributed by atoms with Crippen LogP contribution in [0.4, 0.5) is 0 Å². The third-order valence-electron chi connectivity index (χ3n) is 2.25. The van der Waals surface area contributed by atoms with Crippen LogP contribution in [0.5, 0.6) is 5.75 Å². The van der Waals surface area contributed by atoms with Gasteiger partial charge in [-0.3, -0.25) is 0 Å². The van der Waals surface area contributed by atoms with Crippen LogP contribution in [-0.2, 0) is 20.6 Å². The van der Waals surface area contributed by atoms with Gasteiger partial charge < -0.3 is 5.11 Å². The average Bonchev–Trinajstić information content (AvgIpc) is 2.67. The fraction of sp³-hybridized carbons (Fsp3) is 0.300. The van der Waals surface area contributed by atoms with Crippen LogP contribution in [0, 0.1) is 0 Å². The molecule has 1 N–H and O–H groups in total. The second-order valence-corrected chi connectivity index (χ2v) is 6.68. The van der Waals surface area contributed by atoms with E-state index in [0.29, 0.717) is 16.2 Å². The van der Waals surface area contributed by atoms with Crippen LogP contribution in [0.1, 0.15) is 17.2 Å². The van der Waals surface area contributed by atoms with Crippen molar-refractivity contribution >= 4 is 38.2 Å². The summed E-state index contributed by atoms with van der Waals surface area (Å²) in [5.41, 5.74) is 1.32. The predicted octanol–water partition coefficient (Wildman–Crippen LogP) is 1.75. The van der Waals surface area contributed by atoms with Gasteiger partial charge in [0.1, 0.15) is 5.75 Å². The number of aromatic hydroxyl groups is 1. The highest BCUT2D eigenvalue weighted by Crippen LogP contribution is 2.27. The molecule has 1 aromatic rings. The van der Waals surface area contributed by atoms with Crippen LogP contribution < -0.4 is 0 Å². The first kappa shape index (κ1) is 10.3. The summed E-state index contributed by atoms with van der Waals surface area (Å²) in [7, 11) is 2.87. The summed E-state index contributed by atoms with van der Waals surface area (Å²) >= 11 is 4.96. The molecule has 14 heavy (non-hydrogen) atoms. The second-order valence-electron chi connectivity index (χ2n) is 3.28. The van der Waals surface area contributed by atoms with Gasteiger partial charge in [-0.05, 0) is 29.5 Å². The van der Waals surface area contributed by atoms with E-state index in [0.717, 1.165) is 6.42 Å². The Bertz CT molecular complexity index is 358. The molecular formula is C10H12OS3. The van der Waals surface area contributed by atoms with Crippen LogP contribution >= 0.6 is 12.2 Å². The first-order chi connectivity index (χ1) is 6.79. The highest BCUT2D eigenvalue weighted by molar-refractivity contribution is 8.27. The van der Waals surface area contributed by atoms with Crippen molar-refractivity contribution in [2.75, 3.05) is 0 Å². The molecule has 0 aromatic heterocycles. The zero-order chi connectivity index (χ0) is 9.97. The number of phenolic OH excluding ortho intramolecular Hbond substituents is 1. The molecule has 1 aliphatic rings. The van der Waals surface area contributed by atoms with Gasteiger partial charge in [0.05, 0.1) is 0 Å². The Morgan fingerprint density at radius 3 is 2.57 bits per heavy atom. The molecule has 1 nitrogen and oxygen atoms in total. The van der Waals surface area contributed by atoms with Gasteiger partial charge in [0.25, 0.3) is 0 Å². The van der Waals surface area contributed by atoms with Crippen molar-refractivity contribution in [1.29, 1.82) is 0 Å². The minimum absolute atomic E-state index is 0.340. The van der Waals surface area contributed by atoms with E-state index >= 15 is 0 Å². The lowest BCUT2D eigenvalue weighted by Gasteiger charge is -2.08. The third kappa shape index (κ3) is 2.24. The van der Waals surface area contributed by atoms with Crippen molar-refractivity contribution in [3.8, 4) is 5.75 Å². The van der Waals surface area contributed by atoms with E-state index in [4.69, 9.17) is 12.2 Å². The van der Waals surface area contributed by atoms with Crippen LogP contribution in [0.3, 0.4) is 0 Å². The lowest BCUT2D eigenvalue weighted by molar-refractivity contribution is 0.475. The van der Waals surface area contributed by atoms with Crippen molar-refractivity contribution in [1.82, 2.24) is 0 Å². The number of thiocarbonyl (C=S) groups is 1. The van der Waals surface area contributed by atoms with E-state index < -0.39 is 0 Å². The maximum absolute atomic E-state index is 9.17. The van der Waals surface area contributed by atoms with E-state index in [1.807, 2.05) is 17.5 Å². The Labute approximate surface area is 95.7 Å². The van der Waals surface area contributed by atoms with Gasteiger partial charge in [-0.15, -0.1) is 0 Å². The predicted molar refractivity (Wildman–Crippen MR) is 70.4 cm³/mol. The lowest BCUT2D eigenvalue weighted by atomic mass is 10.1. The fourth-order valence-electron chi connectivity index (χ4n) is 1.47. The molecule has 0 fully saturated rings. The number of rotatable bonds is 2. The molecule has 1 heterocycles. The molecule has 4 heteroatoms. The highest BCUT2D eigenvalue weighted by atomic mass is 32.8. The number of hydrogen-bond donors (Lipinski definition) is 3. The normalized spacial score (nSPS) is 26.3. The molecule has 2 unspecified atom stereocenters. The standard InChI is InChI=1S/C10H12OS3/c11-8-3-1-7(2-4-8)10-5-9(6-12)13-14-10/h1-4,6,9-11,13-14H,5H2. The van der Waals surface area contributed by atoms with Gasteiger partial charge >= 0.3 is 0 Å². The van der Waals surface area contributed by atoms with Gasteiger partial charge in [0.2, 0.25) is 0 Å². The summed E-state index contributed by atoms with van der Waals surface area (Å²) < 4.78 is 0. The number of thiol groups is 2. The summed E-state index contributed by atoms with van der Waals surface area (Å²) in [5, 5.41) is 12.2. The third-order valence-corrected chi connectivity index (χ3v) is 6.49. The molecule has 0 radical (unpaired) electrons. The van der Waals surface area contributed by atoms with Crippen LogP contribution in [-0.4, -0.2) is 15.7 Å². The number of phenols is 1. The van der Waals surface area contributed by atoms with E-state index in [1.54, 1.807) is 12.1 Å². The quantitative estimate of drug-likeness (QED) is 0.544. The fourth-order valence-corrected chi connectivity index (χ4v) is 5.68. The largest absolute Gasteiger partial charge is 0.508 e. The smallest absolute Gasteiger partial charge is 0.115 e. The van der Waals surface area contributed by atoms with Gasteiger partial charge in [0, 0.05) is 10.5 Å². The minimum Gasteiger partial charge on any atom is -0.508 e. The SMILES string of the molecule is Oc1ccc(C2CC(C=S)[SH]=[SH]2)cc1. The van der Waals surface area contributed by atoms with E-state index in [-0.39, 0.29) is 0 Å². The molecule has 2 atom stereocenters. The minimum atomic E-state index is 0.340. The summed E-state index contributed by atoms with van der Waals surface area (Å²) in [6.07, 6.45) is 1.15. The first-order valence-electron chi connectivity index (χ1n) is 4.44. The van der Waals surface area contributed by atoms with Gasteiger partial charge in [-0.2, -0.15) is 20.6 Å². The molecule has 1 aromatic carbocycles. The Morgan fingerprint density at radius 2 is 2.00 bits per heavy atom. The van der Waals surface area contributed by atoms with Crippen molar-refractivity contribution in [2.24, 2.45) is 0 Å². The van der Waals surface area contributed by atoms with Crippen LogP contribution in [0.25, 0.3) is 0 Å². The molecule has 0 aliphatic carbocycles. The Hall–Kier alpha value is -0.190. The average molecular weight is 244 g/mol. The molecule has 0 saturated heterocycles. The zero-order valence-electron chi connectivity index (χ0n) is 7.50. The van der Waals surface area contributed by atoms with Gasteiger partial charge in [-0.25, -0.2) is 0 Å². The molecule has 0 bridgehead atoms.